The molecule has 0 N–H and O–H groups in total. The maximum atomic E-state index is 5.68. The topological polar surface area (TPSA) is 27.7 Å². The molecule has 0 aliphatic carbocycles. The molecular weight excluding hydrogens is 252 g/mol. The average Bonchev–Trinajstić information content (AvgIpc) is 2.49. The normalized spacial score (nSPS) is 10.1. The summed E-state index contributed by atoms with van der Waals surface area (Å²) in [5.41, 5.74) is 1.23. The van der Waals surface area contributed by atoms with Crippen molar-refractivity contribution in [2.24, 2.45) is 0 Å². The molecule has 0 saturated carbocycles. The zero-order valence-electron chi connectivity index (χ0n) is 12.0. The fourth-order valence-corrected chi connectivity index (χ4v) is 1.80. The van der Waals surface area contributed by atoms with E-state index in [0.717, 1.165) is 23.7 Å². The van der Waals surface area contributed by atoms with Gasteiger partial charge in [-0.3, -0.25) is 0 Å². The largest absolute Gasteiger partial charge is 0.493 e. The zero-order valence-corrected chi connectivity index (χ0v) is 12.0. The molecule has 0 radical (unpaired) electrons. The molecule has 2 aromatic carbocycles. The quantitative estimate of drug-likeness (QED) is 0.716. The van der Waals surface area contributed by atoms with Crippen LogP contribution in [0.4, 0.5) is 0 Å². The van der Waals surface area contributed by atoms with Crippen LogP contribution in [-0.2, 0) is 0 Å². The first-order valence-corrected chi connectivity index (χ1v) is 6.75. The van der Waals surface area contributed by atoms with E-state index in [0.29, 0.717) is 13.2 Å². The minimum absolute atomic E-state index is 0.603. The predicted octanol–water partition coefficient (Wildman–Crippen LogP) is 3.85. The summed E-state index contributed by atoms with van der Waals surface area (Å²) in [6.45, 7) is 3.30. The molecule has 0 heterocycles. The van der Waals surface area contributed by atoms with Gasteiger partial charge in [0.1, 0.15) is 5.75 Å². The van der Waals surface area contributed by atoms with Crippen LogP contribution in [0.3, 0.4) is 0 Å². The molecule has 0 aromatic heterocycles. The Labute approximate surface area is 120 Å². The molecule has 3 nitrogen and oxygen atoms in total. The summed E-state index contributed by atoms with van der Waals surface area (Å²) in [6, 6.07) is 15.7. The first kappa shape index (κ1) is 14.3. The van der Waals surface area contributed by atoms with Crippen molar-refractivity contribution in [1.82, 2.24) is 0 Å². The molecule has 0 atom stereocenters. The van der Waals surface area contributed by atoms with Gasteiger partial charge < -0.3 is 14.2 Å². The lowest BCUT2D eigenvalue weighted by atomic mass is 10.2. The summed E-state index contributed by atoms with van der Waals surface area (Å²) in [4.78, 5) is 0. The van der Waals surface area contributed by atoms with Gasteiger partial charge in [-0.25, -0.2) is 0 Å². The van der Waals surface area contributed by atoms with Crippen LogP contribution in [-0.4, -0.2) is 20.3 Å². The van der Waals surface area contributed by atoms with Crippen LogP contribution >= 0.6 is 0 Å². The Bertz CT molecular complexity index is 520. The van der Waals surface area contributed by atoms with Gasteiger partial charge in [-0.2, -0.15) is 0 Å². The zero-order chi connectivity index (χ0) is 14.2. The number of para-hydroxylation sites is 2. The molecule has 0 bridgehead atoms. The molecule has 0 saturated heterocycles. The van der Waals surface area contributed by atoms with Gasteiger partial charge in [0.25, 0.3) is 0 Å². The highest BCUT2D eigenvalue weighted by molar-refractivity contribution is 5.39. The third-order valence-electron chi connectivity index (χ3n) is 2.91. The Kier molecular flexibility index (Phi) is 5.30. The second-order valence-electron chi connectivity index (χ2n) is 4.51. The lowest BCUT2D eigenvalue weighted by Crippen LogP contribution is -2.05. The van der Waals surface area contributed by atoms with E-state index in [1.807, 2.05) is 48.5 Å². The molecule has 3 heteroatoms. The van der Waals surface area contributed by atoms with E-state index < -0.39 is 0 Å². The summed E-state index contributed by atoms with van der Waals surface area (Å²) < 4.78 is 16.6. The fourth-order valence-electron chi connectivity index (χ4n) is 1.80. The van der Waals surface area contributed by atoms with Gasteiger partial charge in [-0.05, 0) is 31.2 Å². The summed E-state index contributed by atoms with van der Waals surface area (Å²) in [7, 11) is 1.64. The number of hydrogen-bond donors (Lipinski definition) is 0. The number of aryl methyl sites for hydroxylation is 1. The Morgan fingerprint density at radius 3 is 2.15 bits per heavy atom. The Morgan fingerprint density at radius 1 is 0.800 bits per heavy atom. The van der Waals surface area contributed by atoms with E-state index in [1.54, 1.807) is 7.11 Å². The van der Waals surface area contributed by atoms with Crippen molar-refractivity contribution in [3.05, 3.63) is 54.1 Å². The number of rotatable bonds is 7. The van der Waals surface area contributed by atoms with E-state index in [4.69, 9.17) is 14.2 Å². The van der Waals surface area contributed by atoms with Crippen molar-refractivity contribution in [3.63, 3.8) is 0 Å². The fraction of sp³-hybridized carbons (Fsp3) is 0.294. The summed E-state index contributed by atoms with van der Waals surface area (Å²) in [6.07, 6.45) is 0.825. The lowest BCUT2D eigenvalue weighted by molar-refractivity contribution is 0.240. The molecule has 2 rings (SSSR count). The minimum atomic E-state index is 0.603. The van der Waals surface area contributed by atoms with Crippen molar-refractivity contribution >= 4 is 0 Å². The van der Waals surface area contributed by atoms with Crippen molar-refractivity contribution in [2.45, 2.75) is 13.3 Å². The van der Waals surface area contributed by atoms with Gasteiger partial charge in [-0.15, -0.1) is 0 Å². The minimum Gasteiger partial charge on any atom is -0.493 e. The van der Waals surface area contributed by atoms with Gasteiger partial charge in [0.05, 0.1) is 20.3 Å². The third kappa shape index (κ3) is 4.19. The number of methoxy groups -OCH3 is 1. The first-order chi connectivity index (χ1) is 9.79. The maximum absolute atomic E-state index is 5.68. The van der Waals surface area contributed by atoms with Gasteiger partial charge in [0, 0.05) is 6.42 Å². The van der Waals surface area contributed by atoms with Crippen LogP contribution in [0.2, 0.25) is 0 Å². The van der Waals surface area contributed by atoms with E-state index in [2.05, 4.69) is 6.92 Å². The highest BCUT2D eigenvalue weighted by Gasteiger charge is 2.01. The molecule has 0 amide bonds. The van der Waals surface area contributed by atoms with Crippen molar-refractivity contribution in [1.29, 1.82) is 0 Å². The maximum Gasteiger partial charge on any atom is 0.161 e. The summed E-state index contributed by atoms with van der Waals surface area (Å²) in [5, 5.41) is 0. The third-order valence-corrected chi connectivity index (χ3v) is 2.91. The van der Waals surface area contributed by atoms with Crippen LogP contribution in [0.1, 0.15) is 12.0 Å². The smallest absolute Gasteiger partial charge is 0.161 e. The lowest BCUT2D eigenvalue weighted by Gasteiger charge is -2.10. The van der Waals surface area contributed by atoms with Gasteiger partial charge in [0.2, 0.25) is 0 Å². The van der Waals surface area contributed by atoms with Crippen molar-refractivity contribution < 1.29 is 14.2 Å². The average molecular weight is 272 g/mol. The van der Waals surface area contributed by atoms with Crippen LogP contribution in [0.15, 0.2) is 48.5 Å². The van der Waals surface area contributed by atoms with E-state index in [1.165, 1.54) is 5.56 Å². The van der Waals surface area contributed by atoms with Crippen LogP contribution in [0, 0.1) is 6.92 Å². The SMILES string of the molecule is COc1ccccc1OCCCOc1ccc(C)cc1. The molecule has 0 unspecified atom stereocenters. The Hall–Kier alpha value is -2.16. The van der Waals surface area contributed by atoms with E-state index in [9.17, 15) is 0 Å². The molecular formula is C17H20O3. The molecule has 0 aliphatic heterocycles. The van der Waals surface area contributed by atoms with Crippen molar-refractivity contribution in [3.8, 4) is 17.2 Å². The highest BCUT2D eigenvalue weighted by atomic mass is 16.5. The van der Waals surface area contributed by atoms with Gasteiger partial charge >= 0.3 is 0 Å². The number of benzene rings is 2. The highest BCUT2D eigenvalue weighted by Crippen LogP contribution is 2.25. The van der Waals surface area contributed by atoms with E-state index >= 15 is 0 Å². The first-order valence-electron chi connectivity index (χ1n) is 6.75. The van der Waals surface area contributed by atoms with Crippen LogP contribution < -0.4 is 14.2 Å². The van der Waals surface area contributed by atoms with Crippen molar-refractivity contribution in [2.75, 3.05) is 20.3 Å². The monoisotopic (exact) mass is 272 g/mol. The van der Waals surface area contributed by atoms with Gasteiger partial charge in [0.15, 0.2) is 11.5 Å². The molecule has 2 aromatic rings. The predicted molar refractivity (Wildman–Crippen MR) is 79.8 cm³/mol. The molecule has 20 heavy (non-hydrogen) atoms. The molecule has 0 fully saturated rings. The second kappa shape index (κ2) is 7.43. The molecule has 0 aliphatic rings. The van der Waals surface area contributed by atoms with E-state index in [-0.39, 0.29) is 0 Å². The van der Waals surface area contributed by atoms with Crippen LogP contribution in [0.25, 0.3) is 0 Å². The summed E-state index contributed by atoms with van der Waals surface area (Å²) >= 11 is 0. The van der Waals surface area contributed by atoms with Gasteiger partial charge in [-0.1, -0.05) is 29.8 Å². The second-order valence-corrected chi connectivity index (χ2v) is 4.51. The summed E-state index contributed by atoms with van der Waals surface area (Å²) in [5.74, 6) is 2.42. The number of hydrogen-bond acceptors (Lipinski definition) is 3. The number of ether oxygens (including phenoxy) is 3. The Morgan fingerprint density at radius 2 is 1.45 bits per heavy atom. The molecule has 0 spiro atoms. The molecule has 106 valence electrons. The Balaban J connectivity index is 1.70. The standard InChI is InChI=1S/C17H20O3/c1-14-8-10-15(11-9-14)19-12-5-13-20-17-7-4-3-6-16(17)18-2/h3-4,6-11H,5,12-13H2,1-2H3. The van der Waals surface area contributed by atoms with Crippen LogP contribution in [0.5, 0.6) is 17.2 Å².